The van der Waals surface area contributed by atoms with Crippen LogP contribution in [0.3, 0.4) is 0 Å². The van der Waals surface area contributed by atoms with Gasteiger partial charge in [0, 0.05) is 19.1 Å². The van der Waals surface area contributed by atoms with Gasteiger partial charge in [-0.25, -0.2) is 0 Å². The average molecular weight is 266 g/mol. The highest BCUT2D eigenvalue weighted by molar-refractivity contribution is 4.91. The maximum atomic E-state index is 3.55. The van der Waals surface area contributed by atoms with Gasteiger partial charge in [-0.05, 0) is 62.9 Å². The lowest BCUT2D eigenvalue weighted by Gasteiger charge is -2.48. The van der Waals surface area contributed by atoms with E-state index in [1.54, 1.807) is 0 Å². The fraction of sp³-hybridized carbons (Fsp3) is 1.00. The van der Waals surface area contributed by atoms with E-state index < -0.39 is 0 Å². The number of nitrogens with one attached hydrogen (secondary N) is 1. The first-order valence-electron chi connectivity index (χ1n) is 8.51. The Bertz CT molecular complexity index is 265. The van der Waals surface area contributed by atoms with Crippen LogP contribution in [0.1, 0.15) is 59.8 Å². The van der Waals surface area contributed by atoms with E-state index in [2.05, 4.69) is 37.9 Å². The van der Waals surface area contributed by atoms with E-state index in [0.717, 1.165) is 17.9 Å². The van der Waals surface area contributed by atoms with Crippen LogP contribution in [-0.4, -0.2) is 37.1 Å². The van der Waals surface area contributed by atoms with E-state index in [4.69, 9.17) is 0 Å². The fourth-order valence-electron chi connectivity index (χ4n) is 4.45. The molecule has 2 aliphatic heterocycles. The van der Waals surface area contributed by atoms with Gasteiger partial charge in [-0.15, -0.1) is 0 Å². The van der Waals surface area contributed by atoms with Gasteiger partial charge in [-0.1, -0.05) is 27.2 Å². The van der Waals surface area contributed by atoms with E-state index in [0.29, 0.717) is 5.41 Å². The van der Waals surface area contributed by atoms with Gasteiger partial charge >= 0.3 is 0 Å². The summed E-state index contributed by atoms with van der Waals surface area (Å²) < 4.78 is 0. The summed E-state index contributed by atoms with van der Waals surface area (Å²) in [5.74, 6) is 1.75. The lowest BCUT2D eigenvalue weighted by atomic mass is 9.73. The second kappa shape index (κ2) is 6.58. The second-order valence-electron chi connectivity index (χ2n) is 7.49. The summed E-state index contributed by atoms with van der Waals surface area (Å²) in [6.45, 7) is 14.8. The topological polar surface area (TPSA) is 15.3 Å². The molecule has 2 rings (SSSR count). The van der Waals surface area contributed by atoms with E-state index >= 15 is 0 Å². The van der Waals surface area contributed by atoms with Crippen LogP contribution in [0.4, 0.5) is 0 Å². The summed E-state index contributed by atoms with van der Waals surface area (Å²) >= 11 is 0. The standard InChI is InChI=1S/C17H34N2/c1-5-6-17(7-9-18-10-8-17)13-19-12-14(2)11-15(3)16(19)4/h14-16,18H,5-13H2,1-4H3. The largest absolute Gasteiger partial charge is 0.317 e. The maximum Gasteiger partial charge on any atom is 0.00930 e. The molecule has 0 radical (unpaired) electrons. The van der Waals surface area contributed by atoms with Gasteiger partial charge in [0.25, 0.3) is 0 Å². The quantitative estimate of drug-likeness (QED) is 0.837. The van der Waals surface area contributed by atoms with Crippen molar-refractivity contribution in [2.75, 3.05) is 26.2 Å². The fourth-order valence-corrected chi connectivity index (χ4v) is 4.45. The predicted octanol–water partition coefficient (Wildman–Crippen LogP) is 3.52. The Balaban J connectivity index is 2.02. The number of hydrogen-bond acceptors (Lipinski definition) is 2. The number of likely N-dealkylation sites (tertiary alicyclic amines) is 1. The van der Waals surface area contributed by atoms with Crippen molar-refractivity contribution in [2.45, 2.75) is 65.8 Å². The first-order valence-corrected chi connectivity index (χ1v) is 8.51. The first kappa shape index (κ1) is 15.3. The van der Waals surface area contributed by atoms with Crippen LogP contribution >= 0.6 is 0 Å². The van der Waals surface area contributed by atoms with E-state index in [-0.39, 0.29) is 0 Å². The van der Waals surface area contributed by atoms with Crippen molar-refractivity contribution in [3.8, 4) is 0 Å². The smallest absolute Gasteiger partial charge is 0.00930 e. The highest BCUT2D eigenvalue weighted by Crippen LogP contribution is 2.38. The third kappa shape index (κ3) is 3.72. The van der Waals surface area contributed by atoms with Crippen molar-refractivity contribution < 1.29 is 0 Å². The van der Waals surface area contributed by atoms with Gasteiger partial charge in [0.05, 0.1) is 0 Å². The first-order chi connectivity index (χ1) is 9.06. The summed E-state index contributed by atoms with van der Waals surface area (Å²) in [6.07, 6.45) is 6.94. The molecular weight excluding hydrogens is 232 g/mol. The van der Waals surface area contributed by atoms with Gasteiger partial charge < -0.3 is 5.32 Å². The average Bonchev–Trinajstić information content (AvgIpc) is 2.37. The van der Waals surface area contributed by atoms with Gasteiger partial charge in [0.2, 0.25) is 0 Å². The Morgan fingerprint density at radius 2 is 1.84 bits per heavy atom. The third-order valence-electron chi connectivity index (χ3n) is 5.70. The molecule has 0 saturated carbocycles. The summed E-state index contributed by atoms with van der Waals surface area (Å²) in [4.78, 5) is 2.82. The SMILES string of the molecule is CCCC1(CN2CC(C)CC(C)C2C)CCNCC1. The maximum absolute atomic E-state index is 3.55. The lowest BCUT2D eigenvalue weighted by Crippen LogP contribution is -2.52. The van der Waals surface area contributed by atoms with E-state index in [9.17, 15) is 0 Å². The number of piperidine rings is 2. The van der Waals surface area contributed by atoms with Gasteiger partial charge in [-0.3, -0.25) is 4.90 Å². The van der Waals surface area contributed by atoms with Gasteiger partial charge in [0.15, 0.2) is 0 Å². The Hall–Kier alpha value is -0.0800. The number of nitrogens with zero attached hydrogens (tertiary/aromatic N) is 1. The molecule has 19 heavy (non-hydrogen) atoms. The Labute approximate surface area is 120 Å². The van der Waals surface area contributed by atoms with Crippen LogP contribution in [0.15, 0.2) is 0 Å². The lowest BCUT2D eigenvalue weighted by molar-refractivity contribution is 0.0194. The molecule has 2 heteroatoms. The molecule has 112 valence electrons. The predicted molar refractivity (Wildman–Crippen MR) is 83.4 cm³/mol. The molecule has 1 N–H and O–H groups in total. The summed E-state index contributed by atoms with van der Waals surface area (Å²) in [6, 6.07) is 0.778. The zero-order valence-electron chi connectivity index (χ0n) is 13.5. The zero-order valence-corrected chi connectivity index (χ0v) is 13.5. The van der Waals surface area contributed by atoms with Crippen LogP contribution in [0.2, 0.25) is 0 Å². The summed E-state index contributed by atoms with van der Waals surface area (Å²) in [5.41, 5.74) is 0.602. The molecule has 0 spiro atoms. The van der Waals surface area contributed by atoms with Crippen molar-refractivity contribution in [3.05, 3.63) is 0 Å². The number of hydrogen-bond donors (Lipinski definition) is 1. The van der Waals surface area contributed by atoms with Gasteiger partial charge in [0.1, 0.15) is 0 Å². The molecule has 0 amide bonds. The minimum Gasteiger partial charge on any atom is -0.317 e. The van der Waals surface area contributed by atoms with Crippen LogP contribution in [0.25, 0.3) is 0 Å². The Morgan fingerprint density at radius 1 is 1.16 bits per heavy atom. The van der Waals surface area contributed by atoms with Gasteiger partial charge in [-0.2, -0.15) is 0 Å². The van der Waals surface area contributed by atoms with Crippen molar-refractivity contribution in [1.29, 1.82) is 0 Å². The van der Waals surface area contributed by atoms with Crippen molar-refractivity contribution >= 4 is 0 Å². The Morgan fingerprint density at radius 3 is 2.47 bits per heavy atom. The molecule has 0 aliphatic carbocycles. The molecule has 0 aromatic carbocycles. The molecule has 0 aromatic heterocycles. The molecule has 2 saturated heterocycles. The van der Waals surface area contributed by atoms with Crippen molar-refractivity contribution in [3.63, 3.8) is 0 Å². The molecule has 2 fully saturated rings. The van der Waals surface area contributed by atoms with E-state index in [1.165, 1.54) is 58.3 Å². The number of rotatable bonds is 4. The van der Waals surface area contributed by atoms with Crippen LogP contribution < -0.4 is 5.32 Å². The minimum absolute atomic E-state index is 0.602. The molecule has 3 unspecified atom stereocenters. The molecular formula is C17H34N2. The summed E-state index contributed by atoms with van der Waals surface area (Å²) in [5, 5.41) is 3.55. The summed E-state index contributed by atoms with van der Waals surface area (Å²) in [7, 11) is 0. The highest BCUT2D eigenvalue weighted by atomic mass is 15.2. The zero-order chi connectivity index (χ0) is 13.9. The molecule has 2 heterocycles. The molecule has 2 aliphatic rings. The normalized spacial score (nSPS) is 36.3. The van der Waals surface area contributed by atoms with Crippen LogP contribution in [-0.2, 0) is 0 Å². The minimum atomic E-state index is 0.602. The molecule has 3 atom stereocenters. The molecule has 2 nitrogen and oxygen atoms in total. The van der Waals surface area contributed by atoms with E-state index in [1.807, 2.05) is 0 Å². The molecule has 0 aromatic rings. The van der Waals surface area contributed by atoms with Crippen LogP contribution in [0, 0.1) is 17.3 Å². The van der Waals surface area contributed by atoms with Crippen LogP contribution in [0.5, 0.6) is 0 Å². The second-order valence-corrected chi connectivity index (χ2v) is 7.49. The van der Waals surface area contributed by atoms with Crippen molar-refractivity contribution in [1.82, 2.24) is 10.2 Å². The third-order valence-corrected chi connectivity index (χ3v) is 5.70. The molecule has 0 bridgehead atoms. The Kier molecular flexibility index (Phi) is 5.30. The highest BCUT2D eigenvalue weighted by Gasteiger charge is 2.37. The van der Waals surface area contributed by atoms with Crippen molar-refractivity contribution in [2.24, 2.45) is 17.3 Å². The monoisotopic (exact) mass is 266 g/mol.